The molecular formula is C23H23N3O3S. The predicted octanol–water partition coefficient (Wildman–Crippen LogP) is 3.93. The maximum atomic E-state index is 11.8. The van der Waals surface area contributed by atoms with Gasteiger partial charge in [-0.05, 0) is 47.5 Å². The smallest absolute Gasteiger partial charge is 0.175 e. The summed E-state index contributed by atoms with van der Waals surface area (Å²) in [7, 11) is -1.58. The monoisotopic (exact) mass is 421 g/mol. The molecule has 2 aromatic heterocycles. The number of aromatic amines is 1. The SMILES string of the molecule is COc1ccc(CNCc2[nH]c3ncccc3c2-c2ccc(S(C)(=O)=O)cc2)cc1. The highest BCUT2D eigenvalue weighted by Crippen LogP contribution is 2.32. The van der Waals surface area contributed by atoms with Crippen molar-refractivity contribution in [2.45, 2.75) is 18.0 Å². The summed E-state index contributed by atoms with van der Waals surface area (Å²) < 4.78 is 28.8. The van der Waals surface area contributed by atoms with Crippen LogP contribution in [0.3, 0.4) is 0 Å². The molecule has 4 rings (SSSR count). The lowest BCUT2D eigenvalue weighted by molar-refractivity contribution is 0.414. The Bertz CT molecular complexity index is 1260. The molecule has 154 valence electrons. The number of nitrogens with zero attached hydrogens (tertiary/aromatic N) is 1. The molecule has 2 N–H and O–H groups in total. The van der Waals surface area contributed by atoms with Crippen LogP contribution in [-0.4, -0.2) is 31.8 Å². The van der Waals surface area contributed by atoms with Gasteiger partial charge in [0.05, 0.1) is 12.0 Å². The van der Waals surface area contributed by atoms with Crippen LogP contribution in [0.2, 0.25) is 0 Å². The lowest BCUT2D eigenvalue weighted by Gasteiger charge is -2.09. The van der Waals surface area contributed by atoms with Crippen molar-refractivity contribution in [3.63, 3.8) is 0 Å². The lowest BCUT2D eigenvalue weighted by atomic mass is 10.0. The van der Waals surface area contributed by atoms with Crippen LogP contribution >= 0.6 is 0 Å². The van der Waals surface area contributed by atoms with E-state index in [2.05, 4.69) is 15.3 Å². The number of fused-ring (bicyclic) bond motifs is 1. The first-order chi connectivity index (χ1) is 14.5. The van der Waals surface area contributed by atoms with Gasteiger partial charge >= 0.3 is 0 Å². The van der Waals surface area contributed by atoms with Crippen molar-refractivity contribution in [3.05, 3.63) is 78.1 Å². The van der Waals surface area contributed by atoms with E-state index in [1.54, 1.807) is 25.4 Å². The van der Waals surface area contributed by atoms with Crippen LogP contribution in [0.5, 0.6) is 5.75 Å². The van der Waals surface area contributed by atoms with E-state index in [0.717, 1.165) is 39.2 Å². The molecule has 0 aliphatic heterocycles. The van der Waals surface area contributed by atoms with Crippen molar-refractivity contribution in [2.24, 2.45) is 0 Å². The largest absolute Gasteiger partial charge is 0.497 e. The third kappa shape index (κ3) is 4.22. The van der Waals surface area contributed by atoms with E-state index in [9.17, 15) is 8.42 Å². The highest BCUT2D eigenvalue weighted by Gasteiger charge is 2.15. The Hall–Kier alpha value is -3.16. The zero-order chi connectivity index (χ0) is 21.1. The number of hydrogen-bond donors (Lipinski definition) is 2. The van der Waals surface area contributed by atoms with Crippen LogP contribution in [0.1, 0.15) is 11.3 Å². The maximum absolute atomic E-state index is 11.8. The number of nitrogens with one attached hydrogen (secondary N) is 2. The van der Waals surface area contributed by atoms with Crippen LogP contribution in [0, 0.1) is 0 Å². The molecule has 0 spiro atoms. The van der Waals surface area contributed by atoms with Crippen LogP contribution in [0.25, 0.3) is 22.2 Å². The van der Waals surface area contributed by atoms with Gasteiger partial charge in [-0.15, -0.1) is 0 Å². The fourth-order valence-corrected chi connectivity index (χ4v) is 4.11. The van der Waals surface area contributed by atoms with E-state index in [4.69, 9.17) is 4.74 Å². The number of ether oxygens (including phenoxy) is 1. The molecule has 0 unspecified atom stereocenters. The van der Waals surface area contributed by atoms with Crippen molar-refractivity contribution in [1.29, 1.82) is 0 Å². The van der Waals surface area contributed by atoms with Crippen molar-refractivity contribution >= 4 is 20.9 Å². The van der Waals surface area contributed by atoms with Gasteiger partial charge in [-0.25, -0.2) is 13.4 Å². The minimum Gasteiger partial charge on any atom is -0.497 e. The van der Waals surface area contributed by atoms with E-state index >= 15 is 0 Å². The van der Waals surface area contributed by atoms with Crippen molar-refractivity contribution < 1.29 is 13.2 Å². The predicted molar refractivity (Wildman–Crippen MR) is 118 cm³/mol. The molecule has 0 aliphatic rings. The minimum absolute atomic E-state index is 0.309. The van der Waals surface area contributed by atoms with Gasteiger partial charge in [0.2, 0.25) is 0 Å². The first-order valence-corrected chi connectivity index (χ1v) is 11.4. The molecule has 0 saturated heterocycles. The number of rotatable bonds is 7. The van der Waals surface area contributed by atoms with E-state index < -0.39 is 9.84 Å². The average Bonchev–Trinajstić information content (AvgIpc) is 3.12. The molecule has 6 nitrogen and oxygen atoms in total. The van der Waals surface area contributed by atoms with Gasteiger partial charge in [-0.2, -0.15) is 0 Å². The number of benzene rings is 2. The summed E-state index contributed by atoms with van der Waals surface area (Å²) in [6.07, 6.45) is 2.97. The van der Waals surface area contributed by atoms with Gasteiger partial charge in [0.25, 0.3) is 0 Å². The summed E-state index contributed by atoms with van der Waals surface area (Å²) in [5.74, 6) is 0.834. The molecule has 2 heterocycles. The van der Waals surface area contributed by atoms with E-state index in [-0.39, 0.29) is 0 Å². The quantitative estimate of drug-likeness (QED) is 0.472. The molecule has 0 aliphatic carbocycles. The van der Waals surface area contributed by atoms with Crippen LogP contribution < -0.4 is 10.1 Å². The Balaban J connectivity index is 1.61. The third-order valence-electron chi connectivity index (χ3n) is 5.01. The molecule has 0 amide bonds. The van der Waals surface area contributed by atoms with Crippen LogP contribution in [0.4, 0.5) is 0 Å². The summed E-state index contributed by atoms with van der Waals surface area (Å²) in [6, 6.07) is 18.9. The molecule has 2 aromatic carbocycles. The fraction of sp³-hybridized carbons (Fsp3) is 0.174. The summed E-state index contributed by atoms with van der Waals surface area (Å²) in [5.41, 5.74) is 4.94. The van der Waals surface area contributed by atoms with E-state index in [0.29, 0.717) is 18.0 Å². The molecule has 0 atom stereocenters. The van der Waals surface area contributed by atoms with Crippen molar-refractivity contribution in [3.8, 4) is 16.9 Å². The number of pyridine rings is 1. The average molecular weight is 422 g/mol. The van der Waals surface area contributed by atoms with Gasteiger partial charge in [0, 0.05) is 42.2 Å². The second-order valence-electron chi connectivity index (χ2n) is 7.13. The van der Waals surface area contributed by atoms with Gasteiger partial charge < -0.3 is 15.0 Å². The summed E-state index contributed by atoms with van der Waals surface area (Å²) in [6.45, 7) is 1.32. The molecule has 7 heteroatoms. The number of H-pyrrole nitrogens is 1. The van der Waals surface area contributed by atoms with Crippen molar-refractivity contribution in [2.75, 3.05) is 13.4 Å². The highest BCUT2D eigenvalue weighted by atomic mass is 32.2. The van der Waals surface area contributed by atoms with Crippen LogP contribution in [0.15, 0.2) is 71.8 Å². The standard InChI is InChI=1S/C23H23N3O3S/c1-29-18-9-5-16(6-10-18)14-24-15-21-22(20-4-3-13-25-23(20)26-21)17-7-11-19(12-8-17)30(2,27)28/h3-13,24H,14-15H2,1-2H3,(H,25,26). The second-order valence-corrected chi connectivity index (χ2v) is 9.14. The molecule has 0 saturated carbocycles. The van der Waals surface area contributed by atoms with Gasteiger partial charge in [0.1, 0.15) is 11.4 Å². The Morgan fingerprint density at radius 2 is 1.73 bits per heavy atom. The topological polar surface area (TPSA) is 84.1 Å². The molecule has 4 aromatic rings. The Labute approximate surface area is 175 Å². The Kier molecular flexibility index (Phi) is 5.57. The fourth-order valence-electron chi connectivity index (χ4n) is 3.48. The first-order valence-electron chi connectivity index (χ1n) is 9.55. The highest BCUT2D eigenvalue weighted by molar-refractivity contribution is 7.90. The number of methoxy groups -OCH3 is 1. The second kappa shape index (κ2) is 8.30. The van der Waals surface area contributed by atoms with E-state index in [1.165, 1.54) is 6.26 Å². The number of hydrogen-bond acceptors (Lipinski definition) is 5. The molecule has 0 fully saturated rings. The normalized spacial score (nSPS) is 11.7. The minimum atomic E-state index is -3.23. The van der Waals surface area contributed by atoms with Gasteiger partial charge in [-0.1, -0.05) is 24.3 Å². The van der Waals surface area contributed by atoms with Gasteiger partial charge in [0.15, 0.2) is 9.84 Å². The zero-order valence-electron chi connectivity index (χ0n) is 16.8. The van der Waals surface area contributed by atoms with Crippen LogP contribution in [-0.2, 0) is 22.9 Å². The molecular weight excluding hydrogens is 398 g/mol. The Morgan fingerprint density at radius 3 is 2.40 bits per heavy atom. The number of aromatic nitrogens is 2. The Morgan fingerprint density at radius 1 is 1.00 bits per heavy atom. The third-order valence-corrected chi connectivity index (χ3v) is 6.14. The molecule has 0 bridgehead atoms. The summed E-state index contributed by atoms with van der Waals surface area (Å²) in [4.78, 5) is 8.15. The number of sulfone groups is 1. The molecule has 30 heavy (non-hydrogen) atoms. The molecule has 0 radical (unpaired) electrons. The van der Waals surface area contributed by atoms with Gasteiger partial charge in [-0.3, -0.25) is 0 Å². The maximum Gasteiger partial charge on any atom is 0.175 e. The van der Waals surface area contributed by atoms with Crippen molar-refractivity contribution in [1.82, 2.24) is 15.3 Å². The van der Waals surface area contributed by atoms with E-state index in [1.807, 2.05) is 48.5 Å². The summed E-state index contributed by atoms with van der Waals surface area (Å²) in [5, 5.41) is 4.47. The summed E-state index contributed by atoms with van der Waals surface area (Å²) >= 11 is 0. The zero-order valence-corrected chi connectivity index (χ0v) is 17.7. The lowest BCUT2D eigenvalue weighted by Crippen LogP contribution is -2.13. The first kappa shape index (κ1) is 20.1.